The lowest BCUT2D eigenvalue weighted by Crippen LogP contribution is -2.20. The first-order valence-corrected chi connectivity index (χ1v) is 6.86. The molecule has 2 N–H and O–H groups in total. The second kappa shape index (κ2) is 4.69. The summed E-state index contributed by atoms with van der Waals surface area (Å²) in [5, 5.41) is 0. The van der Waals surface area contributed by atoms with Crippen molar-refractivity contribution in [2.75, 3.05) is 0 Å². The molecule has 0 spiro atoms. The normalized spacial score (nSPS) is 27.8. The van der Waals surface area contributed by atoms with Crippen LogP contribution in [-0.4, -0.2) is 12.1 Å². The minimum absolute atomic E-state index is 0.346. The largest absolute Gasteiger partial charge is 0.490 e. The Kier molecular flexibility index (Phi) is 3.06. The van der Waals surface area contributed by atoms with Crippen LogP contribution >= 0.6 is 0 Å². The van der Waals surface area contributed by atoms with E-state index in [-0.39, 0.29) is 0 Å². The molecular formula is C15H21NO. The number of hydrogen-bond donors (Lipinski definition) is 1. The topological polar surface area (TPSA) is 35.2 Å². The molecule has 0 aromatic heterocycles. The Balaban J connectivity index is 1.78. The van der Waals surface area contributed by atoms with Gasteiger partial charge in [0.05, 0.1) is 0 Å². The molecule has 2 heteroatoms. The number of nitrogens with two attached hydrogens (primary N) is 1. The lowest BCUT2D eigenvalue weighted by atomic mass is 9.91. The molecule has 2 atom stereocenters. The molecule has 2 unspecified atom stereocenters. The van der Waals surface area contributed by atoms with Gasteiger partial charge in [0.2, 0.25) is 0 Å². The van der Waals surface area contributed by atoms with Gasteiger partial charge in [-0.3, -0.25) is 0 Å². The van der Waals surface area contributed by atoms with Crippen LogP contribution in [-0.2, 0) is 12.8 Å². The summed E-state index contributed by atoms with van der Waals surface area (Å²) in [6.07, 6.45) is 8.62. The summed E-state index contributed by atoms with van der Waals surface area (Å²) in [7, 11) is 0. The molecule has 1 aromatic carbocycles. The molecule has 3 rings (SSSR count). The van der Waals surface area contributed by atoms with Gasteiger partial charge in [0, 0.05) is 6.04 Å². The molecule has 0 aliphatic heterocycles. The summed E-state index contributed by atoms with van der Waals surface area (Å²) in [6.45, 7) is 0. The Bertz CT molecular complexity index is 402. The van der Waals surface area contributed by atoms with E-state index in [1.807, 2.05) is 0 Å². The molecular weight excluding hydrogens is 210 g/mol. The van der Waals surface area contributed by atoms with Gasteiger partial charge in [-0.1, -0.05) is 12.1 Å². The highest BCUT2D eigenvalue weighted by atomic mass is 16.5. The first-order valence-electron chi connectivity index (χ1n) is 6.86. The summed E-state index contributed by atoms with van der Waals surface area (Å²) in [4.78, 5) is 0. The average Bonchev–Trinajstić information content (AvgIpc) is 2.75. The third kappa shape index (κ3) is 2.32. The molecule has 1 saturated carbocycles. The van der Waals surface area contributed by atoms with Gasteiger partial charge >= 0.3 is 0 Å². The van der Waals surface area contributed by atoms with Crippen LogP contribution in [0.5, 0.6) is 5.75 Å². The molecule has 0 heterocycles. The lowest BCUT2D eigenvalue weighted by Gasteiger charge is -2.22. The van der Waals surface area contributed by atoms with Gasteiger partial charge in [-0.15, -0.1) is 0 Å². The molecule has 0 radical (unpaired) electrons. The first-order chi connectivity index (χ1) is 8.33. The van der Waals surface area contributed by atoms with E-state index in [1.54, 1.807) is 0 Å². The number of benzene rings is 1. The monoisotopic (exact) mass is 231 g/mol. The Morgan fingerprint density at radius 2 is 2.00 bits per heavy atom. The van der Waals surface area contributed by atoms with Crippen LogP contribution in [0.4, 0.5) is 0 Å². The predicted molar refractivity (Wildman–Crippen MR) is 69.3 cm³/mol. The van der Waals surface area contributed by atoms with Crippen molar-refractivity contribution in [3.05, 3.63) is 29.3 Å². The van der Waals surface area contributed by atoms with Crippen LogP contribution in [0, 0.1) is 0 Å². The maximum atomic E-state index is 6.16. The van der Waals surface area contributed by atoms with E-state index >= 15 is 0 Å². The summed E-state index contributed by atoms with van der Waals surface area (Å²) in [5.74, 6) is 1.13. The Hall–Kier alpha value is -1.02. The number of fused-ring (bicyclic) bond motifs is 1. The molecule has 2 aliphatic carbocycles. The van der Waals surface area contributed by atoms with Crippen molar-refractivity contribution in [3.8, 4) is 5.75 Å². The fourth-order valence-corrected chi connectivity index (χ4v) is 3.12. The van der Waals surface area contributed by atoms with Crippen LogP contribution in [0.1, 0.15) is 43.2 Å². The van der Waals surface area contributed by atoms with Gasteiger partial charge in [-0.25, -0.2) is 0 Å². The summed E-state index contributed by atoms with van der Waals surface area (Å²) in [6, 6.07) is 6.86. The van der Waals surface area contributed by atoms with Crippen LogP contribution in [0.25, 0.3) is 0 Å². The molecule has 0 bridgehead atoms. The highest BCUT2D eigenvalue weighted by Gasteiger charge is 2.24. The molecule has 0 amide bonds. The van der Waals surface area contributed by atoms with E-state index in [4.69, 9.17) is 10.5 Å². The van der Waals surface area contributed by atoms with Crippen molar-refractivity contribution < 1.29 is 4.74 Å². The third-order valence-electron chi connectivity index (χ3n) is 4.07. The zero-order chi connectivity index (χ0) is 11.7. The molecule has 2 nitrogen and oxygen atoms in total. The lowest BCUT2D eigenvalue weighted by molar-refractivity contribution is 0.205. The fraction of sp³-hybridized carbons (Fsp3) is 0.600. The van der Waals surface area contributed by atoms with Crippen LogP contribution in [0.15, 0.2) is 18.2 Å². The molecule has 17 heavy (non-hydrogen) atoms. The minimum atomic E-state index is 0.346. The fourth-order valence-electron chi connectivity index (χ4n) is 3.12. The van der Waals surface area contributed by atoms with Crippen LogP contribution in [0.2, 0.25) is 0 Å². The number of hydrogen-bond acceptors (Lipinski definition) is 2. The predicted octanol–water partition coefficient (Wildman–Crippen LogP) is 2.82. The van der Waals surface area contributed by atoms with Gasteiger partial charge in [-0.05, 0) is 62.1 Å². The van der Waals surface area contributed by atoms with E-state index in [0.29, 0.717) is 12.1 Å². The second-order valence-corrected chi connectivity index (χ2v) is 5.41. The smallest absolute Gasteiger partial charge is 0.123 e. The van der Waals surface area contributed by atoms with E-state index in [1.165, 1.54) is 36.8 Å². The highest BCUT2D eigenvalue weighted by Crippen LogP contribution is 2.32. The van der Waals surface area contributed by atoms with Crippen LogP contribution in [0.3, 0.4) is 0 Å². The van der Waals surface area contributed by atoms with Crippen molar-refractivity contribution in [2.45, 2.75) is 57.1 Å². The van der Waals surface area contributed by atoms with Crippen molar-refractivity contribution >= 4 is 0 Å². The SMILES string of the molecule is NC1CCC(Oc2cccc3c2CCCC3)C1. The summed E-state index contributed by atoms with van der Waals surface area (Å²) >= 11 is 0. The quantitative estimate of drug-likeness (QED) is 0.849. The maximum Gasteiger partial charge on any atom is 0.123 e. The Morgan fingerprint density at radius 3 is 2.82 bits per heavy atom. The third-order valence-corrected chi connectivity index (χ3v) is 4.07. The van der Waals surface area contributed by atoms with Crippen molar-refractivity contribution in [2.24, 2.45) is 5.73 Å². The highest BCUT2D eigenvalue weighted by molar-refractivity contribution is 5.41. The summed E-state index contributed by atoms with van der Waals surface area (Å²) < 4.78 is 6.16. The average molecular weight is 231 g/mol. The van der Waals surface area contributed by atoms with Crippen molar-refractivity contribution in [1.82, 2.24) is 0 Å². The first kappa shape index (κ1) is 11.1. The Morgan fingerprint density at radius 1 is 1.12 bits per heavy atom. The number of aryl methyl sites for hydroxylation is 1. The summed E-state index contributed by atoms with van der Waals surface area (Å²) in [5.41, 5.74) is 8.89. The standard InChI is InChI=1S/C15H21NO/c16-12-8-9-13(10-12)17-15-7-3-5-11-4-1-2-6-14(11)15/h3,5,7,12-13H,1-2,4,6,8-10,16H2. The van der Waals surface area contributed by atoms with E-state index in [2.05, 4.69) is 18.2 Å². The molecule has 92 valence electrons. The maximum absolute atomic E-state index is 6.16. The minimum Gasteiger partial charge on any atom is -0.490 e. The molecule has 1 aromatic rings. The molecule has 0 saturated heterocycles. The zero-order valence-corrected chi connectivity index (χ0v) is 10.3. The molecule has 2 aliphatic rings. The van der Waals surface area contributed by atoms with Gasteiger partial charge in [-0.2, -0.15) is 0 Å². The van der Waals surface area contributed by atoms with Gasteiger partial charge in [0.15, 0.2) is 0 Å². The van der Waals surface area contributed by atoms with Crippen molar-refractivity contribution in [1.29, 1.82) is 0 Å². The van der Waals surface area contributed by atoms with E-state index < -0.39 is 0 Å². The van der Waals surface area contributed by atoms with Gasteiger partial charge in [0.1, 0.15) is 11.9 Å². The Labute approximate surface area is 103 Å². The second-order valence-electron chi connectivity index (χ2n) is 5.41. The number of ether oxygens (including phenoxy) is 1. The molecule has 1 fully saturated rings. The van der Waals surface area contributed by atoms with E-state index in [0.717, 1.165) is 25.0 Å². The van der Waals surface area contributed by atoms with E-state index in [9.17, 15) is 0 Å². The zero-order valence-electron chi connectivity index (χ0n) is 10.3. The van der Waals surface area contributed by atoms with Gasteiger partial charge < -0.3 is 10.5 Å². The van der Waals surface area contributed by atoms with Crippen LogP contribution < -0.4 is 10.5 Å². The van der Waals surface area contributed by atoms with Gasteiger partial charge in [0.25, 0.3) is 0 Å². The number of rotatable bonds is 2. The van der Waals surface area contributed by atoms with Crippen molar-refractivity contribution in [3.63, 3.8) is 0 Å².